The van der Waals surface area contributed by atoms with E-state index in [2.05, 4.69) is 0 Å². The maximum Gasteiger partial charge on any atom is 0.418 e. The number of fused-ring (bicyclic) bond motifs is 1. The summed E-state index contributed by atoms with van der Waals surface area (Å²) in [5.41, 5.74) is 2.70. The number of carbonyl (C=O) groups excluding carboxylic acids is 1. The Balaban J connectivity index is 2.07. The first-order valence-electron chi connectivity index (χ1n) is 7.59. The summed E-state index contributed by atoms with van der Waals surface area (Å²) in [7, 11) is 2.96. The van der Waals surface area contributed by atoms with Crippen LogP contribution in [-0.2, 0) is 11.3 Å². The van der Waals surface area contributed by atoms with Gasteiger partial charge in [-0.15, -0.1) is 0 Å². The molecule has 0 aliphatic rings. The number of hydrogen-bond donors (Lipinski definition) is 0. The number of aromatic nitrogens is 1. The van der Waals surface area contributed by atoms with E-state index in [9.17, 15) is 4.79 Å². The Morgan fingerprint density at radius 2 is 1.83 bits per heavy atom. The molecule has 24 heavy (non-hydrogen) atoms. The van der Waals surface area contributed by atoms with Gasteiger partial charge in [-0.2, -0.15) is 0 Å². The predicted octanol–water partition coefficient (Wildman–Crippen LogP) is 4.15. The van der Waals surface area contributed by atoms with Gasteiger partial charge in [0.15, 0.2) is 11.5 Å². The van der Waals surface area contributed by atoms with Gasteiger partial charge in [-0.1, -0.05) is 30.3 Å². The molecule has 3 aromatic rings. The van der Waals surface area contributed by atoms with Gasteiger partial charge in [0.2, 0.25) is 0 Å². The fourth-order valence-electron chi connectivity index (χ4n) is 2.75. The summed E-state index contributed by atoms with van der Waals surface area (Å²) in [6, 6.07) is 13.5. The van der Waals surface area contributed by atoms with Gasteiger partial charge in [0.25, 0.3) is 0 Å². The molecule has 5 heteroatoms. The van der Waals surface area contributed by atoms with E-state index in [1.54, 1.807) is 19.4 Å². The standard InChI is InChI=1S/C19H19NO4/c1-13-11-20(19(21)23-3)15-9-10-16(22-2)18(17(13)15)24-12-14-7-5-4-6-8-14/h4-11H,12H2,1-3H3. The van der Waals surface area contributed by atoms with Crippen LogP contribution in [0.1, 0.15) is 11.1 Å². The minimum atomic E-state index is -0.438. The van der Waals surface area contributed by atoms with Crippen LogP contribution < -0.4 is 9.47 Å². The summed E-state index contributed by atoms with van der Waals surface area (Å²) in [4.78, 5) is 12.0. The van der Waals surface area contributed by atoms with E-state index in [-0.39, 0.29) is 0 Å². The van der Waals surface area contributed by atoms with Gasteiger partial charge in [-0.3, -0.25) is 4.57 Å². The molecule has 0 spiro atoms. The molecule has 0 saturated heterocycles. The van der Waals surface area contributed by atoms with Crippen LogP contribution in [0.15, 0.2) is 48.7 Å². The summed E-state index contributed by atoms with van der Waals surface area (Å²) in [6.07, 6.45) is 1.30. The maximum atomic E-state index is 12.0. The molecule has 1 aromatic heterocycles. The van der Waals surface area contributed by atoms with Crippen molar-refractivity contribution >= 4 is 17.0 Å². The first-order chi connectivity index (χ1) is 11.7. The second-order valence-electron chi connectivity index (χ2n) is 5.42. The summed E-state index contributed by atoms with van der Waals surface area (Å²) in [5.74, 6) is 1.25. The lowest BCUT2D eigenvalue weighted by atomic mass is 10.1. The van der Waals surface area contributed by atoms with E-state index in [0.29, 0.717) is 18.1 Å². The highest BCUT2D eigenvalue weighted by Gasteiger charge is 2.19. The third kappa shape index (κ3) is 2.80. The summed E-state index contributed by atoms with van der Waals surface area (Å²) >= 11 is 0. The van der Waals surface area contributed by atoms with Gasteiger partial charge in [0.05, 0.1) is 19.7 Å². The van der Waals surface area contributed by atoms with Crippen molar-refractivity contribution < 1.29 is 19.0 Å². The number of hydrogen-bond acceptors (Lipinski definition) is 4. The lowest BCUT2D eigenvalue weighted by Gasteiger charge is -2.13. The molecular formula is C19H19NO4. The summed E-state index contributed by atoms with van der Waals surface area (Å²) in [6.45, 7) is 2.34. The molecule has 0 saturated carbocycles. The molecule has 0 unspecified atom stereocenters. The number of carbonyl (C=O) groups is 1. The van der Waals surface area contributed by atoms with Gasteiger partial charge in [-0.05, 0) is 30.2 Å². The zero-order chi connectivity index (χ0) is 17.1. The molecule has 0 bridgehead atoms. The van der Waals surface area contributed by atoms with Crippen molar-refractivity contribution in [1.29, 1.82) is 0 Å². The third-order valence-corrected chi connectivity index (χ3v) is 3.89. The van der Waals surface area contributed by atoms with E-state index in [4.69, 9.17) is 14.2 Å². The van der Waals surface area contributed by atoms with Gasteiger partial charge in [0, 0.05) is 11.6 Å². The smallest absolute Gasteiger partial charge is 0.418 e. The first-order valence-corrected chi connectivity index (χ1v) is 7.59. The monoisotopic (exact) mass is 325 g/mol. The van der Waals surface area contributed by atoms with Crippen LogP contribution in [0.25, 0.3) is 10.9 Å². The Morgan fingerprint density at radius 1 is 1.08 bits per heavy atom. The SMILES string of the molecule is COC(=O)n1cc(C)c2c(OCc3ccccc3)c(OC)ccc21. The van der Waals surface area contributed by atoms with Crippen LogP contribution in [0.5, 0.6) is 11.5 Å². The number of rotatable bonds is 4. The minimum absolute atomic E-state index is 0.416. The molecule has 0 atom stereocenters. The summed E-state index contributed by atoms with van der Waals surface area (Å²) in [5, 5.41) is 0.843. The number of benzene rings is 2. The highest BCUT2D eigenvalue weighted by Crippen LogP contribution is 2.39. The zero-order valence-corrected chi connectivity index (χ0v) is 13.9. The highest BCUT2D eigenvalue weighted by atomic mass is 16.5. The van der Waals surface area contributed by atoms with E-state index in [1.807, 2.05) is 43.3 Å². The molecule has 3 rings (SSSR count). The Hall–Kier alpha value is -2.95. The quantitative estimate of drug-likeness (QED) is 0.723. The van der Waals surface area contributed by atoms with E-state index in [0.717, 1.165) is 22.0 Å². The van der Waals surface area contributed by atoms with Crippen molar-refractivity contribution in [2.24, 2.45) is 0 Å². The molecule has 2 aromatic carbocycles. The van der Waals surface area contributed by atoms with Crippen molar-refractivity contribution in [3.63, 3.8) is 0 Å². The topological polar surface area (TPSA) is 49.7 Å². The Morgan fingerprint density at radius 3 is 2.50 bits per heavy atom. The summed E-state index contributed by atoms with van der Waals surface area (Å²) < 4.78 is 17.8. The third-order valence-electron chi connectivity index (χ3n) is 3.89. The lowest BCUT2D eigenvalue weighted by molar-refractivity contribution is 0.174. The maximum absolute atomic E-state index is 12.0. The van der Waals surface area contributed by atoms with Crippen LogP contribution in [0.3, 0.4) is 0 Å². The average molecular weight is 325 g/mol. The van der Waals surface area contributed by atoms with Gasteiger partial charge in [0.1, 0.15) is 6.61 Å². The molecule has 0 radical (unpaired) electrons. The fourth-order valence-corrected chi connectivity index (χ4v) is 2.75. The lowest BCUT2D eigenvalue weighted by Crippen LogP contribution is -2.09. The van der Waals surface area contributed by atoms with Gasteiger partial charge < -0.3 is 14.2 Å². The van der Waals surface area contributed by atoms with E-state index < -0.39 is 6.09 Å². The minimum Gasteiger partial charge on any atom is -0.493 e. The van der Waals surface area contributed by atoms with Crippen molar-refractivity contribution in [3.8, 4) is 11.5 Å². The van der Waals surface area contributed by atoms with E-state index >= 15 is 0 Å². The number of nitrogens with zero attached hydrogens (tertiary/aromatic N) is 1. The van der Waals surface area contributed by atoms with Crippen molar-refractivity contribution in [2.45, 2.75) is 13.5 Å². The molecule has 0 fully saturated rings. The van der Waals surface area contributed by atoms with Crippen LogP contribution >= 0.6 is 0 Å². The van der Waals surface area contributed by atoms with Crippen molar-refractivity contribution in [1.82, 2.24) is 4.57 Å². The number of methoxy groups -OCH3 is 2. The Bertz CT molecular complexity index is 868. The first kappa shape index (κ1) is 15.9. The van der Waals surface area contributed by atoms with Crippen LogP contribution in [0, 0.1) is 6.92 Å². The van der Waals surface area contributed by atoms with Gasteiger partial charge >= 0.3 is 6.09 Å². The van der Waals surface area contributed by atoms with E-state index in [1.165, 1.54) is 11.7 Å². The molecule has 1 heterocycles. The molecule has 0 N–H and O–H groups in total. The second kappa shape index (κ2) is 6.66. The molecule has 124 valence electrons. The average Bonchev–Trinajstić information content (AvgIpc) is 2.97. The molecule has 0 amide bonds. The molecule has 0 aliphatic heterocycles. The predicted molar refractivity (Wildman–Crippen MR) is 91.8 cm³/mol. The Labute approximate surface area is 140 Å². The zero-order valence-electron chi connectivity index (χ0n) is 13.9. The van der Waals surface area contributed by atoms with Crippen LogP contribution in [0.4, 0.5) is 4.79 Å². The number of aryl methyl sites for hydroxylation is 1. The molecular weight excluding hydrogens is 306 g/mol. The largest absolute Gasteiger partial charge is 0.493 e. The second-order valence-corrected chi connectivity index (χ2v) is 5.42. The molecule has 5 nitrogen and oxygen atoms in total. The van der Waals surface area contributed by atoms with Crippen LogP contribution in [0.2, 0.25) is 0 Å². The number of ether oxygens (including phenoxy) is 3. The molecule has 0 aliphatic carbocycles. The van der Waals surface area contributed by atoms with Crippen molar-refractivity contribution in [2.75, 3.05) is 14.2 Å². The normalized spacial score (nSPS) is 10.6. The Kier molecular flexibility index (Phi) is 4.42. The van der Waals surface area contributed by atoms with Crippen molar-refractivity contribution in [3.05, 3.63) is 59.8 Å². The fraction of sp³-hybridized carbons (Fsp3) is 0.211. The highest BCUT2D eigenvalue weighted by molar-refractivity contribution is 5.97. The van der Waals surface area contributed by atoms with Gasteiger partial charge in [-0.25, -0.2) is 4.79 Å². The van der Waals surface area contributed by atoms with Crippen LogP contribution in [-0.4, -0.2) is 24.9 Å².